The summed E-state index contributed by atoms with van der Waals surface area (Å²) >= 11 is 0. The molecule has 0 aliphatic heterocycles. The smallest absolute Gasteiger partial charge is 0.302 e. The summed E-state index contributed by atoms with van der Waals surface area (Å²) in [7, 11) is 0. The molecule has 0 aromatic rings. The summed E-state index contributed by atoms with van der Waals surface area (Å²) in [5.41, 5.74) is 1.00. The van der Waals surface area contributed by atoms with E-state index in [1.807, 2.05) is 19.9 Å². The predicted molar refractivity (Wildman–Crippen MR) is 84.8 cm³/mol. The van der Waals surface area contributed by atoms with Gasteiger partial charge in [0.05, 0.1) is 11.7 Å². The number of esters is 1. The first-order chi connectivity index (χ1) is 9.66. The Morgan fingerprint density at radius 2 is 1.95 bits per heavy atom. The van der Waals surface area contributed by atoms with E-state index in [1.54, 1.807) is 13.0 Å². The summed E-state index contributed by atoms with van der Waals surface area (Å²) in [6.07, 6.45) is 6.38. The Kier molecular flexibility index (Phi) is 8.90. The standard InChI is InChI=1S/C17H28O4/c1-6-17(5,20)11-16(19)10-13(2)8-7-9-14(3)12-21-15(4)18/h6,9-10,16,19-20H,1,7-8,11-12H2,2-5H3/b13-10+,14-9+/t16-,17+/m0/s1. The lowest BCUT2D eigenvalue weighted by atomic mass is 9.97. The third-order valence-electron chi connectivity index (χ3n) is 3.07. The first-order valence-electron chi connectivity index (χ1n) is 7.16. The van der Waals surface area contributed by atoms with Crippen molar-refractivity contribution in [2.75, 3.05) is 6.61 Å². The molecule has 2 N–H and O–H groups in total. The van der Waals surface area contributed by atoms with Gasteiger partial charge in [-0.05, 0) is 39.2 Å². The van der Waals surface area contributed by atoms with Crippen LogP contribution in [-0.2, 0) is 9.53 Å². The quantitative estimate of drug-likeness (QED) is 0.507. The highest BCUT2D eigenvalue weighted by atomic mass is 16.5. The molecule has 2 atom stereocenters. The molecule has 0 fully saturated rings. The molecule has 0 aromatic carbocycles. The Hall–Kier alpha value is -1.39. The van der Waals surface area contributed by atoms with Crippen LogP contribution in [0.1, 0.15) is 47.0 Å². The van der Waals surface area contributed by atoms with E-state index < -0.39 is 11.7 Å². The van der Waals surface area contributed by atoms with E-state index in [0.29, 0.717) is 6.61 Å². The van der Waals surface area contributed by atoms with Gasteiger partial charge in [-0.1, -0.05) is 23.8 Å². The van der Waals surface area contributed by atoms with Crippen molar-refractivity contribution in [3.8, 4) is 0 Å². The van der Waals surface area contributed by atoms with Crippen molar-refractivity contribution >= 4 is 5.97 Å². The van der Waals surface area contributed by atoms with Gasteiger partial charge in [0.25, 0.3) is 0 Å². The highest BCUT2D eigenvalue weighted by Crippen LogP contribution is 2.16. The minimum absolute atomic E-state index is 0.231. The molecular weight excluding hydrogens is 268 g/mol. The van der Waals surface area contributed by atoms with Crippen molar-refractivity contribution in [2.45, 2.75) is 58.7 Å². The van der Waals surface area contributed by atoms with Gasteiger partial charge < -0.3 is 14.9 Å². The summed E-state index contributed by atoms with van der Waals surface area (Å²) in [6.45, 7) is 10.7. The van der Waals surface area contributed by atoms with Crippen LogP contribution in [0.3, 0.4) is 0 Å². The summed E-state index contributed by atoms with van der Waals surface area (Å²) in [5.74, 6) is -0.281. The summed E-state index contributed by atoms with van der Waals surface area (Å²) in [4.78, 5) is 10.7. The van der Waals surface area contributed by atoms with E-state index >= 15 is 0 Å². The van der Waals surface area contributed by atoms with Gasteiger partial charge in [0.2, 0.25) is 0 Å². The fourth-order valence-electron chi connectivity index (χ4n) is 1.80. The van der Waals surface area contributed by atoms with E-state index in [2.05, 4.69) is 6.58 Å². The molecule has 0 heterocycles. The average molecular weight is 296 g/mol. The van der Waals surface area contributed by atoms with Crippen LogP contribution in [0.4, 0.5) is 0 Å². The summed E-state index contributed by atoms with van der Waals surface area (Å²) in [5, 5.41) is 19.7. The lowest BCUT2D eigenvalue weighted by Crippen LogP contribution is -2.26. The number of hydrogen-bond acceptors (Lipinski definition) is 4. The average Bonchev–Trinajstić information content (AvgIpc) is 2.35. The predicted octanol–water partition coefficient (Wildman–Crippen LogP) is 2.91. The van der Waals surface area contributed by atoms with Gasteiger partial charge >= 0.3 is 5.97 Å². The van der Waals surface area contributed by atoms with Crippen LogP contribution in [0.15, 0.2) is 36.0 Å². The number of carbonyl (C=O) groups excluding carboxylic acids is 1. The highest BCUT2D eigenvalue weighted by Gasteiger charge is 2.19. The van der Waals surface area contributed by atoms with Crippen molar-refractivity contribution in [2.24, 2.45) is 0 Å². The van der Waals surface area contributed by atoms with Crippen molar-refractivity contribution in [3.63, 3.8) is 0 Å². The van der Waals surface area contributed by atoms with Crippen LogP contribution in [0.2, 0.25) is 0 Å². The second-order valence-electron chi connectivity index (χ2n) is 5.72. The van der Waals surface area contributed by atoms with Crippen molar-refractivity contribution in [1.82, 2.24) is 0 Å². The topological polar surface area (TPSA) is 66.8 Å². The molecule has 0 aliphatic carbocycles. The van der Waals surface area contributed by atoms with Crippen LogP contribution in [0.25, 0.3) is 0 Å². The van der Waals surface area contributed by atoms with Crippen LogP contribution < -0.4 is 0 Å². The summed E-state index contributed by atoms with van der Waals surface area (Å²) in [6, 6.07) is 0. The molecule has 0 radical (unpaired) electrons. The van der Waals surface area contributed by atoms with Crippen molar-refractivity contribution in [1.29, 1.82) is 0 Å². The maximum absolute atomic E-state index is 10.7. The third kappa shape index (κ3) is 11.0. The second kappa shape index (κ2) is 9.53. The monoisotopic (exact) mass is 296 g/mol. The summed E-state index contributed by atoms with van der Waals surface area (Å²) < 4.78 is 4.89. The number of hydrogen-bond donors (Lipinski definition) is 2. The van der Waals surface area contributed by atoms with Crippen LogP contribution in [0.5, 0.6) is 0 Å². The molecule has 0 aromatic heterocycles. The number of rotatable bonds is 9. The zero-order valence-electron chi connectivity index (χ0n) is 13.6. The van der Waals surface area contributed by atoms with E-state index in [0.717, 1.165) is 24.0 Å². The maximum Gasteiger partial charge on any atom is 0.302 e. The SMILES string of the molecule is C=C[C@@](C)(O)C[C@@H](O)/C=C(\C)CC/C=C(\C)COC(C)=O. The van der Waals surface area contributed by atoms with Crippen LogP contribution in [-0.4, -0.2) is 34.5 Å². The second-order valence-corrected chi connectivity index (χ2v) is 5.72. The molecule has 21 heavy (non-hydrogen) atoms. The number of aliphatic hydroxyl groups excluding tert-OH is 1. The van der Waals surface area contributed by atoms with Gasteiger partial charge in [-0.15, -0.1) is 6.58 Å². The lowest BCUT2D eigenvalue weighted by molar-refractivity contribution is -0.139. The van der Waals surface area contributed by atoms with E-state index in [4.69, 9.17) is 4.74 Å². The molecular formula is C17H28O4. The Morgan fingerprint density at radius 3 is 2.48 bits per heavy atom. The largest absolute Gasteiger partial charge is 0.461 e. The first-order valence-corrected chi connectivity index (χ1v) is 7.16. The molecule has 0 saturated heterocycles. The molecule has 0 rings (SSSR count). The molecule has 0 unspecified atom stereocenters. The zero-order chi connectivity index (χ0) is 16.5. The van der Waals surface area contributed by atoms with Crippen LogP contribution in [0, 0.1) is 0 Å². The Morgan fingerprint density at radius 1 is 1.33 bits per heavy atom. The lowest BCUT2D eigenvalue weighted by Gasteiger charge is -2.20. The Bertz CT molecular complexity index is 405. The number of aliphatic hydroxyl groups is 2. The molecule has 4 heteroatoms. The fraction of sp³-hybridized carbons (Fsp3) is 0.588. The molecule has 120 valence electrons. The third-order valence-corrected chi connectivity index (χ3v) is 3.07. The number of ether oxygens (including phenoxy) is 1. The van der Waals surface area contributed by atoms with Gasteiger partial charge in [0, 0.05) is 13.3 Å². The van der Waals surface area contributed by atoms with Gasteiger partial charge in [-0.3, -0.25) is 4.79 Å². The van der Waals surface area contributed by atoms with E-state index in [-0.39, 0.29) is 12.4 Å². The molecule has 4 nitrogen and oxygen atoms in total. The van der Waals surface area contributed by atoms with Gasteiger partial charge in [0.15, 0.2) is 0 Å². The van der Waals surface area contributed by atoms with Gasteiger partial charge in [0.1, 0.15) is 6.61 Å². The molecule has 0 saturated carbocycles. The number of carbonyl (C=O) groups is 1. The minimum Gasteiger partial charge on any atom is -0.461 e. The molecule has 0 spiro atoms. The number of allylic oxidation sites excluding steroid dienone is 2. The van der Waals surface area contributed by atoms with Gasteiger partial charge in [-0.25, -0.2) is 0 Å². The van der Waals surface area contributed by atoms with E-state index in [9.17, 15) is 15.0 Å². The highest BCUT2D eigenvalue weighted by molar-refractivity contribution is 5.66. The van der Waals surface area contributed by atoms with Crippen LogP contribution >= 0.6 is 0 Å². The van der Waals surface area contributed by atoms with Crippen molar-refractivity contribution in [3.05, 3.63) is 36.0 Å². The normalized spacial score (nSPS) is 17.0. The van der Waals surface area contributed by atoms with Gasteiger partial charge in [-0.2, -0.15) is 0 Å². The zero-order valence-corrected chi connectivity index (χ0v) is 13.6. The van der Waals surface area contributed by atoms with Crippen molar-refractivity contribution < 1.29 is 19.7 Å². The Labute approximate surface area is 127 Å². The minimum atomic E-state index is -1.06. The maximum atomic E-state index is 10.7. The first kappa shape index (κ1) is 19.6. The molecule has 0 aliphatic rings. The fourth-order valence-corrected chi connectivity index (χ4v) is 1.80. The molecule has 0 bridgehead atoms. The Balaban J connectivity index is 4.21. The van der Waals surface area contributed by atoms with E-state index in [1.165, 1.54) is 13.0 Å². The molecule has 0 amide bonds.